The molecule has 3 aromatic rings. The van der Waals surface area contributed by atoms with Crippen LogP contribution in [0.2, 0.25) is 5.02 Å². The molecule has 0 aliphatic heterocycles. The molecule has 2 heterocycles. The number of pyridine rings is 1. The number of azo groups is 1. The number of nitrogens with zero attached hydrogens (tertiary/aromatic N) is 4. The van der Waals surface area contributed by atoms with Crippen molar-refractivity contribution >= 4 is 28.8 Å². The van der Waals surface area contributed by atoms with Crippen molar-refractivity contribution in [3.05, 3.63) is 58.9 Å². The number of aryl methyl sites for hydroxylation is 1. The van der Waals surface area contributed by atoms with Gasteiger partial charge < -0.3 is 0 Å². The molecule has 0 N–H and O–H groups in total. The normalized spacial score (nSPS) is 12.4. The zero-order chi connectivity index (χ0) is 16.6. The summed E-state index contributed by atoms with van der Waals surface area (Å²) in [4.78, 5) is 4.76. The maximum Gasteiger partial charge on any atom is 0.183 e. The number of imidazole rings is 1. The first-order valence-corrected chi connectivity index (χ1v) is 7.89. The van der Waals surface area contributed by atoms with Gasteiger partial charge in [0.05, 0.1) is 11.4 Å². The molecular formula is C18H19ClN4. The fourth-order valence-electron chi connectivity index (χ4n) is 2.35. The van der Waals surface area contributed by atoms with E-state index in [0.29, 0.717) is 5.02 Å². The van der Waals surface area contributed by atoms with Crippen LogP contribution in [0.15, 0.2) is 52.8 Å². The highest BCUT2D eigenvalue weighted by Crippen LogP contribution is 2.33. The van der Waals surface area contributed by atoms with Gasteiger partial charge in [0, 0.05) is 16.6 Å². The zero-order valence-corrected chi connectivity index (χ0v) is 14.5. The van der Waals surface area contributed by atoms with Crippen molar-refractivity contribution in [1.29, 1.82) is 0 Å². The van der Waals surface area contributed by atoms with Crippen LogP contribution in [-0.2, 0) is 5.41 Å². The first kappa shape index (κ1) is 15.7. The molecular weight excluding hydrogens is 308 g/mol. The van der Waals surface area contributed by atoms with Gasteiger partial charge in [-0.3, -0.25) is 4.40 Å². The third-order valence-corrected chi connectivity index (χ3v) is 3.81. The van der Waals surface area contributed by atoms with E-state index < -0.39 is 0 Å². The van der Waals surface area contributed by atoms with Crippen LogP contribution >= 0.6 is 11.6 Å². The third-order valence-electron chi connectivity index (χ3n) is 3.55. The Hall–Kier alpha value is -2.20. The summed E-state index contributed by atoms with van der Waals surface area (Å²) in [5.41, 5.74) is 3.63. The maximum atomic E-state index is 5.90. The first-order chi connectivity index (χ1) is 10.8. The van der Waals surface area contributed by atoms with Gasteiger partial charge in [0.2, 0.25) is 0 Å². The minimum absolute atomic E-state index is 0.117. The van der Waals surface area contributed by atoms with Gasteiger partial charge in [-0.25, -0.2) is 4.98 Å². The molecule has 0 radical (unpaired) electrons. The van der Waals surface area contributed by atoms with Gasteiger partial charge in [-0.1, -0.05) is 32.4 Å². The summed E-state index contributed by atoms with van der Waals surface area (Å²) < 4.78 is 1.98. The van der Waals surface area contributed by atoms with Gasteiger partial charge in [0.15, 0.2) is 5.82 Å². The predicted molar refractivity (Wildman–Crippen MR) is 94.3 cm³/mol. The second-order valence-corrected chi connectivity index (χ2v) is 7.08. The SMILES string of the molecule is Cc1ccn2c(N=Nc3ccc(Cl)cc3)c(C(C)(C)C)nc2c1. The largest absolute Gasteiger partial charge is 0.283 e. The lowest BCUT2D eigenvalue weighted by atomic mass is 9.92. The van der Waals surface area contributed by atoms with Gasteiger partial charge in [-0.2, -0.15) is 0 Å². The Morgan fingerprint density at radius 2 is 1.74 bits per heavy atom. The van der Waals surface area contributed by atoms with Gasteiger partial charge in [-0.05, 0) is 48.9 Å². The maximum absolute atomic E-state index is 5.90. The quantitative estimate of drug-likeness (QED) is 0.532. The molecule has 23 heavy (non-hydrogen) atoms. The molecule has 0 bridgehead atoms. The Balaban J connectivity index is 2.12. The molecule has 0 aliphatic rings. The van der Waals surface area contributed by atoms with E-state index >= 15 is 0 Å². The molecule has 2 aromatic heterocycles. The number of benzene rings is 1. The molecule has 0 atom stereocenters. The highest BCUT2D eigenvalue weighted by atomic mass is 35.5. The molecule has 0 aliphatic carbocycles. The smallest absolute Gasteiger partial charge is 0.183 e. The van der Waals surface area contributed by atoms with Crippen LogP contribution in [0.4, 0.5) is 11.5 Å². The number of rotatable bonds is 2. The molecule has 118 valence electrons. The number of hydrogen-bond acceptors (Lipinski definition) is 3. The highest BCUT2D eigenvalue weighted by Gasteiger charge is 2.24. The molecule has 3 rings (SSSR count). The second-order valence-electron chi connectivity index (χ2n) is 6.64. The molecule has 0 saturated heterocycles. The van der Waals surface area contributed by atoms with Crippen molar-refractivity contribution in [3.63, 3.8) is 0 Å². The Kier molecular flexibility index (Phi) is 3.94. The van der Waals surface area contributed by atoms with E-state index in [1.165, 1.54) is 5.56 Å². The molecule has 5 heteroatoms. The monoisotopic (exact) mass is 326 g/mol. The Labute approximate surface area is 140 Å². The second kappa shape index (κ2) is 5.78. The average molecular weight is 327 g/mol. The van der Waals surface area contributed by atoms with E-state index in [-0.39, 0.29) is 5.41 Å². The van der Waals surface area contributed by atoms with Crippen molar-refractivity contribution in [1.82, 2.24) is 9.38 Å². The van der Waals surface area contributed by atoms with E-state index in [1.807, 2.05) is 28.8 Å². The van der Waals surface area contributed by atoms with Crippen LogP contribution in [0.25, 0.3) is 5.65 Å². The van der Waals surface area contributed by atoms with Crippen LogP contribution in [0.5, 0.6) is 0 Å². The third kappa shape index (κ3) is 3.27. The van der Waals surface area contributed by atoms with E-state index in [4.69, 9.17) is 16.6 Å². The minimum Gasteiger partial charge on any atom is -0.283 e. The number of hydrogen-bond donors (Lipinski definition) is 0. The summed E-state index contributed by atoms with van der Waals surface area (Å²) in [6, 6.07) is 11.4. The summed E-state index contributed by atoms with van der Waals surface area (Å²) in [5.74, 6) is 0.766. The molecule has 0 fully saturated rings. The summed E-state index contributed by atoms with van der Waals surface area (Å²) in [6.45, 7) is 8.44. The molecule has 1 aromatic carbocycles. The zero-order valence-electron chi connectivity index (χ0n) is 13.7. The Bertz CT molecular complexity index is 870. The van der Waals surface area contributed by atoms with Crippen molar-refractivity contribution in [2.24, 2.45) is 10.2 Å². The first-order valence-electron chi connectivity index (χ1n) is 7.51. The number of aromatic nitrogens is 2. The van der Waals surface area contributed by atoms with Crippen LogP contribution in [0.3, 0.4) is 0 Å². The Morgan fingerprint density at radius 3 is 2.39 bits per heavy atom. The van der Waals surface area contributed by atoms with Crippen molar-refractivity contribution in [2.75, 3.05) is 0 Å². The average Bonchev–Trinajstić information content (AvgIpc) is 2.84. The Morgan fingerprint density at radius 1 is 1.04 bits per heavy atom. The van der Waals surface area contributed by atoms with Crippen molar-refractivity contribution < 1.29 is 0 Å². The summed E-state index contributed by atoms with van der Waals surface area (Å²) in [6.07, 6.45) is 1.99. The lowest BCUT2D eigenvalue weighted by Crippen LogP contribution is -2.11. The van der Waals surface area contributed by atoms with Crippen LogP contribution in [0.1, 0.15) is 32.0 Å². The van der Waals surface area contributed by atoms with Crippen LogP contribution in [-0.4, -0.2) is 9.38 Å². The lowest BCUT2D eigenvalue weighted by Gasteiger charge is -2.15. The highest BCUT2D eigenvalue weighted by molar-refractivity contribution is 6.30. The minimum atomic E-state index is -0.117. The van der Waals surface area contributed by atoms with Crippen molar-refractivity contribution in [3.8, 4) is 0 Å². The van der Waals surface area contributed by atoms with E-state index in [2.05, 4.69) is 44.0 Å². The molecule has 0 amide bonds. The fraction of sp³-hybridized carbons (Fsp3) is 0.278. The standard InChI is InChI=1S/C18H19ClN4/c1-12-9-10-23-15(11-12)20-16(18(2,3)4)17(23)22-21-14-7-5-13(19)6-8-14/h5-11H,1-4H3. The molecule has 0 saturated carbocycles. The van der Waals surface area contributed by atoms with Crippen molar-refractivity contribution in [2.45, 2.75) is 33.1 Å². The van der Waals surface area contributed by atoms with E-state index in [9.17, 15) is 0 Å². The van der Waals surface area contributed by atoms with Gasteiger partial charge in [0.1, 0.15) is 5.65 Å². The topological polar surface area (TPSA) is 42.0 Å². The van der Waals surface area contributed by atoms with E-state index in [1.54, 1.807) is 12.1 Å². The molecule has 0 unspecified atom stereocenters. The molecule has 4 nitrogen and oxygen atoms in total. The fourth-order valence-corrected chi connectivity index (χ4v) is 2.47. The summed E-state index contributed by atoms with van der Waals surface area (Å²) in [5, 5.41) is 9.50. The van der Waals surface area contributed by atoms with E-state index in [0.717, 1.165) is 22.8 Å². The van der Waals surface area contributed by atoms with Gasteiger partial charge in [0.25, 0.3) is 0 Å². The predicted octanol–water partition coefficient (Wildman–Crippen LogP) is 6.01. The summed E-state index contributed by atoms with van der Waals surface area (Å²) >= 11 is 5.90. The summed E-state index contributed by atoms with van der Waals surface area (Å²) in [7, 11) is 0. The lowest BCUT2D eigenvalue weighted by molar-refractivity contribution is 0.574. The number of halogens is 1. The molecule has 0 spiro atoms. The van der Waals surface area contributed by atoms with Crippen LogP contribution < -0.4 is 0 Å². The van der Waals surface area contributed by atoms with Crippen LogP contribution in [0, 0.1) is 6.92 Å². The van der Waals surface area contributed by atoms with Gasteiger partial charge >= 0.3 is 0 Å². The number of fused-ring (bicyclic) bond motifs is 1. The van der Waals surface area contributed by atoms with Gasteiger partial charge in [-0.15, -0.1) is 10.2 Å².